The van der Waals surface area contributed by atoms with Gasteiger partial charge < -0.3 is 24.4 Å². The normalized spacial score (nSPS) is 10.6. The minimum atomic E-state index is -0.314. The Morgan fingerprint density at radius 2 is 1.63 bits per heavy atom. The molecule has 160 valence electrons. The SMILES string of the molecule is CCc1ccccc1NC(=O)CN(C)C(=O)/C=C/c1cc(OC)c(OC)cc1OC. The maximum atomic E-state index is 12.5. The molecule has 0 spiro atoms. The summed E-state index contributed by atoms with van der Waals surface area (Å²) in [6.07, 6.45) is 3.81. The molecule has 2 aromatic rings. The van der Waals surface area contributed by atoms with Gasteiger partial charge in [-0.05, 0) is 30.2 Å². The van der Waals surface area contributed by atoms with E-state index in [0.717, 1.165) is 17.7 Å². The molecule has 0 aliphatic carbocycles. The first-order chi connectivity index (χ1) is 14.4. The van der Waals surface area contributed by atoms with Gasteiger partial charge in [0.1, 0.15) is 5.75 Å². The van der Waals surface area contributed by atoms with E-state index in [1.54, 1.807) is 25.3 Å². The monoisotopic (exact) mass is 412 g/mol. The fourth-order valence-electron chi connectivity index (χ4n) is 2.91. The first-order valence-corrected chi connectivity index (χ1v) is 9.54. The quantitative estimate of drug-likeness (QED) is 0.639. The van der Waals surface area contributed by atoms with Gasteiger partial charge in [-0.3, -0.25) is 9.59 Å². The molecular formula is C23H28N2O5. The fraction of sp³-hybridized carbons (Fsp3) is 0.304. The van der Waals surface area contributed by atoms with Gasteiger partial charge in [0.15, 0.2) is 11.5 Å². The summed E-state index contributed by atoms with van der Waals surface area (Å²) in [4.78, 5) is 26.2. The second kappa shape index (κ2) is 10.9. The number of anilines is 1. The van der Waals surface area contributed by atoms with Crippen LogP contribution in [0.4, 0.5) is 5.69 Å². The van der Waals surface area contributed by atoms with Crippen molar-refractivity contribution in [2.75, 3.05) is 40.2 Å². The van der Waals surface area contributed by atoms with Crippen molar-refractivity contribution in [1.29, 1.82) is 0 Å². The lowest BCUT2D eigenvalue weighted by atomic mass is 10.1. The molecule has 0 aliphatic rings. The third kappa shape index (κ3) is 5.76. The van der Waals surface area contributed by atoms with E-state index < -0.39 is 0 Å². The molecule has 1 N–H and O–H groups in total. The molecule has 0 unspecified atom stereocenters. The summed E-state index contributed by atoms with van der Waals surface area (Å²) in [6, 6.07) is 11.0. The van der Waals surface area contributed by atoms with Gasteiger partial charge in [-0.1, -0.05) is 25.1 Å². The van der Waals surface area contributed by atoms with Crippen LogP contribution in [0.5, 0.6) is 17.2 Å². The van der Waals surface area contributed by atoms with E-state index in [1.807, 2.05) is 31.2 Å². The van der Waals surface area contributed by atoms with E-state index in [-0.39, 0.29) is 18.4 Å². The summed E-state index contributed by atoms with van der Waals surface area (Å²) in [6.45, 7) is 1.96. The van der Waals surface area contributed by atoms with Gasteiger partial charge in [0, 0.05) is 30.4 Å². The lowest BCUT2D eigenvalue weighted by Gasteiger charge is -2.16. The molecule has 7 heteroatoms. The Morgan fingerprint density at radius 1 is 1.00 bits per heavy atom. The van der Waals surface area contributed by atoms with Gasteiger partial charge >= 0.3 is 0 Å². The van der Waals surface area contributed by atoms with E-state index in [0.29, 0.717) is 22.8 Å². The van der Waals surface area contributed by atoms with E-state index in [2.05, 4.69) is 5.32 Å². The zero-order valence-corrected chi connectivity index (χ0v) is 18.0. The van der Waals surface area contributed by atoms with Crippen molar-refractivity contribution in [2.45, 2.75) is 13.3 Å². The van der Waals surface area contributed by atoms with E-state index in [4.69, 9.17) is 14.2 Å². The summed E-state index contributed by atoms with van der Waals surface area (Å²) < 4.78 is 15.9. The zero-order chi connectivity index (χ0) is 22.1. The number of carbonyl (C=O) groups excluding carboxylic acids is 2. The molecule has 2 aromatic carbocycles. The molecule has 30 heavy (non-hydrogen) atoms. The minimum Gasteiger partial charge on any atom is -0.496 e. The number of nitrogens with zero attached hydrogens (tertiary/aromatic N) is 1. The highest BCUT2D eigenvalue weighted by atomic mass is 16.5. The van der Waals surface area contributed by atoms with Crippen LogP contribution in [-0.2, 0) is 16.0 Å². The average Bonchev–Trinajstić information content (AvgIpc) is 2.76. The third-order valence-electron chi connectivity index (χ3n) is 4.57. The summed E-state index contributed by atoms with van der Waals surface area (Å²) in [7, 11) is 6.18. The van der Waals surface area contributed by atoms with Crippen LogP contribution in [0.2, 0.25) is 0 Å². The van der Waals surface area contributed by atoms with Gasteiger partial charge in [-0.2, -0.15) is 0 Å². The third-order valence-corrected chi connectivity index (χ3v) is 4.57. The first kappa shape index (κ1) is 22.8. The number of benzene rings is 2. The Kier molecular flexibility index (Phi) is 8.29. The number of nitrogens with one attached hydrogen (secondary N) is 1. The highest BCUT2D eigenvalue weighted by Crippen LogP contribution is 2.35. The van der Waals surface area contributed by atoms with Crippen LogP contribution in [0.3, 0.4) is 0 Å². The van der Waals surface area contributed by atoms with E-state index in [1.165, 1.54) is 32.3 Å². The molecule has 0 atom stereocenters. The molecule has 0 aliphatic heterocycles. The molecule has 0 radical (unpaired) electrons. The van der Waals surface area contributed by atoms with E-state index in [9.17, 15) is 9.59 Å². The molecular weight excluding hydrogens is 384 g/mol. The van der Waals surface area contributed by atoms with E-state index >= 15 is 0 Å². The molecule has 2 amide bonds. The molecule has 0 saturated heterocycles. The van der Waals surface area contributed by atoms with Gasteiger partial charge in [0.05, 0.1) is 27.9 Å². The van der Waals surface area contributed by atoms with Crippen LogP contribution in [0, 0.1) is 0 Å². The zero-order valence-electron chi connectivity index (χ0n) is 18.0. The Balaban J connectivity index is 2.06. The topological polar surface area (TPSA) is 77.1 Å². The van der Waals surface area contributed by atoms with Crippen LogP contribution in [-0.4, -0.2) is 51.6 Å². The van der Waals surface area contributed by atoms with Crippen molar-refractivity contribution in [3.63, 3.8) is 0 Å². The lowest BCUT2D eigenvalue weighted by Crippen LogP contribution is -2.34. The predicted molar refractivity (Wildman–Crippen MR) is 117 cm³/mol. The van der Waals surface area contributed by atoms with Gasteiger partial charge in [0.2, 0.25) is 11.8 Å². The largest absolute Gasteiger partial charge is 0.496 e. The Bertz CT molecular complexity index is 924. The molecule has 0 fully saturated rings. The summed E-state index contributed by atoms with van der Waals surface area (Å²) in [5, 5.41) is 2.86. The van der Waals surface area contributed by atoms with Gasteiger partial charge in [-0.25, -0.2) is 0 Å². The van der Waals surface area contributed by atoms with Crippen LogP contribution < -0.4 is 19.5 Å². The molecule has 0 saturated carbocycles. The Hall–Kier alpha value is -3.48. The number of likely N-dealkylation sites (N-methyl/N-ethyl adjacent to an activating group) is 1. The van der Waals surface area contributed by atoms with Crippen LogP contribution >= 0.6 is 0 Å². The standard InChI is InChI=1S/C23H28N2O5/c1-6-16-9-7-8-10-18(16)24-22(26)15-25(2)23(27)12-11-17-13-20(29-4)21(30-5)14-19(17)28-3/h7-14H,6,15H2,1-5H3,(H,24,26)/b12-11+. The number of para-hydroxylation sites is 1. The number of amides is 2. The summed E-state index contributed by atoms with van der Waals surface area (Å²) in [5.74, 6) is 1.01. The maximum Gasteiger partial charge on any atom is 0.246 e. The smallest absolute Gasteiger partial charge is 0.246 e. The first-order valence-electron chi connectivity index (χ1n) is 9.54. The molecule has 0 heterocycles. The summed E-state index contributed by atoms with van der Waals surface area (Å²) >= 11 is 0. The highest BCUT2D eigenvalue weighted by molar-refractivity contribution is 5.98. The predicted octanol–water partition coefficient (Wildman–Crippen LogP) is 3.39. The van der Waals surface area contributed by atoms with Crippen LogP contribution in [0.25, 0.3) is 6.08 Å². The highest BCUT2D eigenvalue weighted by Gasteiger charge is 2.14. The van der Waals surface area contributed by atoms with Crippen molar-refractivity contribution in [3.8, 4) is 17.2 Å². The van der Waals surface area contributed by atoms with Crippen molar-refractivity contribution in [2.24, 2.45) is 0 Å². The number of aryl methyl sites for hydroxylation is 1. The minimum absolute atomic E-state index is 0.0652. The number of carbonyl (C=O) groups is 2. The molecule has 0 aromatic heterocycles. The van der Waals surface area contributed by atoms with Gasteiger partial charge in [-0.15, -0.1) is 0 Å². The maximum absolute atomic E-state index is 12.5. The lowest BCUT2D eigenvalue weighted by molar-refractivity contribution is -0.129. The Labute approximate surface area is 177 Å². The van der Waals surface area contributed by atoms with Crippen LogP contribution in [0.1, 0.15) is 18.1 Å². The number of hydrogen-bond acceptors (Lipinski definition) is 5. The molecule has 2 rings (SSSR count). The van der Waals surface area contributed by atoms with Crippen molar-refractivity contribution < 1.29 is 23.8 Å². The van der Waals surface area contributed by atoms with Crippen molar-refractivity contribution in [3.05, 3.63) is 53.6 Å². The van der Waals surface area contributed by atoms with Crippen molar-refractivity contribution >= 4 is 23.6 Å². The number of ether oxygens (including phenoxy) is 3. The number of hydrogen-bond donors (Lipinski definition) is 1. The van der Waals surface area contributed by atoms with Crippen LogP contribution in [0.15, 0.2) is 42.5 Å². The second-order valence-electron chi connectivity index (χ2n) is 6.54. The summed E-state index contributed by atoms with van der Waals surface area (Å²) in [5.41, 5.74) is 2.45. The second-order valence-corrected chi connectivity index (χ2v) is 6.54. The number of rotatable bonds is 9. The fourth-order valence-corrected chi connectivity index (χ4v) is 2.91. The number of methoxy groups -OCH3 is 3. The van der Waals surface area contributed by atoms with Gasteiger partial charge in [0.25, 0.3) is 0 Å². The molecule has 0 bridgehead atoms. The molecule has 7 nitrogen and oxygen atoms in total. The Morgan fingerprint density at radius 3 is 2.27 bits per heavy atom. The van der Waals surface area contributed by atoms with Crippen molar-refractivity contribution in [1.82, 2.24) is 4.90 Å². The average molecular weight is 412 g/mol.